The lowest BCUT2D eigenvalue weighted by Crippen LogP contribution is -2.47. The number of halogens is 1. The molecule has 2 atom stereocenters. The minimum atomic E-state index is -0.404. The zero-order valence-electron chi connectivity index (χ0n) is 12.0. The van der Waals surface area contributed by atoms with E-state index in [-0.39, 0.29) is 11.6 Å². The second-order valence-electron chi connectivity index (χ2n) is 5.58. The van der Waals surface area contributed by atoms with Gasteiger partial charge < -0.3 is 11.1 Å². The summed E-state index contributed by atoms with van der Waals surface area (Å²) >= 11 is 0. The number of nitrogens with one attached hydrogen (secondary N) is 1. The Hall–Kier alpha value is -1.62. The van der Waals surface area contributed by atoms with Gasteiger partial charge in [0.25, 0.3) is 0 Å². The quantitative estimate of drug-likeness (QED) is 0.836. The molecule has 0 radical (unpaired) electrons. The molecule has 0 unspecified atom stereocenters. The Morgan fingerprint density at radius 2 is 2.05 bits per heavy atom. The summed E-state index contributed by atoms with van der Waals surface area (Å²) in [5, 5.41) is 2.75. The van der Waals surface area contributed by atoms with Crippen molar-refractivity contribution < 1.29 is 9.18 Å². The molecule has 5 heteroatoms. The number of carbonyl (C=O) groups excluding carboxylic acids is 1. The predicted molar refractivity (Wildman–Crippen MR) is 78.9 cm³/mol. The summed E-state index contributed by atoms with van der Waals surface area (Å²) in [5.41, 5.74) is 6.40. The first kappa shape index (κ1) is 14.8. The number of rotatable bonds is 3. The van der Waals surface area contributed by atoms with Crippen LogP contribution in [0.3, 0.4) is 0 Å². The van der Waals surface area contributed by atoms with Gasteiger partial charge in [-0.2, -0.15) is 0 Å². The SMILES string of the molecule is C[C@@H]1CCC[C@H](C)N1CC(=O)Nc1ccc(F)cc1N. The van der Waals surface area contributed by atoms with Gasteiger partial charge in [-0.1, -0.05) is 6.42 Å². The molecule has 20 heavy (non-hydrogen) atoms. The predicted octanol–water partition coefficient (Wildman–Crippen LogP) is 2.61. The van der Waals surface area contributed by atoms with E-state index in [1.165, 1.54) is 24.6 Å². The van der Waals surface area contributed by atoms with Crippen LogP contribution in [-0.4, -0.2) is 29.4 Å². The summed E-state index contributed by atoms with van der Waals surface area (Å²) in [6.07, 6.45) is 3.46. The molecule has 0 aliphatic carbocycles. The molecule has 0 bridgehead atoms. The van der Waals surface area contributed by atoms with E-state index in [0.29, 0.717) is 24.3 Å². The average molecular weight is 279 g/mol. The van der Waals surface area contributed by atoms with Crippen LogP contribution in [0.5, 0.6) is 0 Å². The molecule has 1 aliphatic heterocycles. The second-order valence-corrected chi connectivity index (χ2v) is 5.58. The van der Waals surface area contributed by atoms with E-state index in [9.17, 15) is 9.18 Å². The highest BCUT2D eigenvalue weighted by Gasteiger charge is 2.26. The van der Waals surface area contributed by atoms with Gasteiger partial charge in [0.05, 0.1) is 17.9 Å². The summed E-state index contributed by atoms with van der Waals surface area (Å²) < 4.78 is 13.0. The van der Waals surface area contributed by atoms with Crippen LogP contribution in [0.25, 0.3) is 0 Å². The maximum Gasteiger partial charge on any atom is 0.238 e. The lowest BCUT2D eigenvalue weighted by atomic mass is 9.97. The van der Waals surface area contributed by atoms with E-state index >= 15 is 0 Å². The third kappa shape index (κ3) is 3.48. The number of nitrogens with two attached hydrogens (primary N) is 1. The first-order valence-electron chi connectivity index (χ1n) is 7.08. The van der Waals surface area contributed by atoms with Crippen molar-refractivity contribution in [3.63, 3.8) is 0 Å². The van der Waals surface area contributed by atoms with Crippen molar-refractivity contribution in [2.45, 2.75) is 45.2 Å². The Kier molecular flexibility index (Phi) is 4.60. The van der Waals surface area contributed by atoms with E-state index < -0.39 is 5.82 Å². The van der Waals surface area contributed by atoms with Gasteiger partial charge in [-0.25, -0.2) is 4.39 Å². The molecule has 1 aromatic rings. The first-order chi connectivity index (χ1) is 9.47. The maximum absolute atomic E-state index is 13.0. The standard InChI is InChI=1S/C15H22FN3O/c1-10-4-3-5-11(2)19(10)9-15(20)18-14-7-6-12(16)8-13(14)17/h6-8,10-11H,3-5,9,17H2,1-2H3,(H,18,20)/t10-,11+. The second kappa shape index (κ2) is 6.22. The summed E-state index contributed by atoms with van der Waals surface area (Å²) in [4.78, 5) is 14.3. The van der Waals surface area contributed by atoms with Crippen molar-refractivity contribution >= 4 is 17.3 Å². The Labute approximate surface area is 119 Å². The molecular formula is C15H22FN3O. The number of anilines is 2. The van der Waals surface area contributed by atoms with E-state index in [0.717, 1.165) is 12.8 Å². The van der Waals surface area contributed by atoms with Crippen molar-refractivity contribution in [3.8, 4) is 0 Å². The fraction of sp³-hybridized carbons (Fsp3) is 0.533. The number of amides is 1. The third-order valence-corrected chi connectivity index (χ3v) is 3.99. The first-order valence-corrected chi connectivity index (χ1v) is 7.08. The van der Waals surface area contributed by atoms with Crippen LogP contribution in [0.4, 0.5) is 15.8 Å². The van der Waals surface area contributed by atoms with Crippen LogP contribution < -0.4 is 11.1 Å². The van der Waals surface area contributed by atoms with Gasteiger partial charge in [0, 0.05) is 12.1 Å². The zero-order chi connectivity index (χ0) is 14.7. The molecule has 110 valence electrons. The van der Waals surface area contributed by atoms with Crippen molar-refractivity contribution in [2.24, 2.45) is 0 Å². The Bertz CT molecular complexity index is 482. The highest BCUT2D eigenvalue weighted by Crippen LogP contribution is 2.23. The summed E-state index contributed by atoms with van der Waals surface area (Å²) in [5.74, 6) is -0.511. The topological polar surface area (TPSA) is 58.4 Å². The Morgan fingerprint density at radius 3 is 2.65 bits per heavy atom. The summed E-state index contributed by atoms with van der Waals surface area (Å²) in [6.45, 7) is 4.64. The van der Waals surface area contributed by atoms with Crippen molar-refractivity contribution in [1.29, 1.82) is 0 Å². The molecule has 1 fully saturated rings. The van der Waals surface area contributed by atoms with E-state index in [2.05, 4.69) is 24.1 Å². The van der Waals surface area contributed by atoms with Gasteiger partial charge in [0.2, 0.25) is 5.91 Å². The van der Waals surface area contributed by atoms with Crippen molar-refractivity contribution in [3.05, 3.63) is 24.0 Å². The highest BCUT2D eigenvalue weighted by molar-refractivity contribution is 5.95. The fourth-order valence-corrected chi connectivity index (χ4v) is 2.79. The van der Waals surface area contributed by atoms with Crippen LogP contribution in [-0.2, 0) is 4.79 Å². The molecular weight excluding hydrogens is 257 g/mol. The molecule has 0 spiro atoms. The van der Waals surface area contributed by atoms with Gasteiger partial charge >= 0.3 is 0 Å². The minimum Gasteiger partial charge on any atom is -0.397 e. The highest BCUT2D eigenvalue weighted by atomic mass is 19.1. The van der Waals surface area contributed by atoms with Crippen molar-refractivity contribution in [1.82, 2.24) is 4.90 Å². The fourth-order valence-electron chi connectivity index (χ4n) is 2.79. The van der Waals surface area contributed by atoms with E-state index in [4.69, 9.17) is 5.73 Å². The lowest BCUT2D eigenvalue weighted by molar-refractivity contribution is -0.118. The van der Waals surface area contributed by atoms with Gasteiger partial charge in [-0.15, -0.1) is 0 Å². The van der Waals surface area contributed by atoms with E-state index in [1.807, 2.05) is 0 Å². The number of carbonyl (C=O) groups is 1. The van der Waals surface area contributed by atoms with Gasteiger partial charge in [0.1, 0.15) is 5.82 Å². The van der Waals surface area contributed by atoms with E-state index in [1.54, 1.807) is 0 Å². The molecule has 1 amide bonds. The van der Waals surface area contributed by atoms with Gasteiger partial charge in [-0.3, -0.25) is 9.69 Å². The third-order valence-electron chi connectivity index (χ3n) is 3.99. The maximum atomic E-state index is 13.0. The molecule has 1 aliphatic rings. The zero-order valence-corrected chi connectivity index (χ0v) is 12.0. The number of nitrogen functional groups attached to an aromatic ring is 1. The number of benzene rings is 1. The van der Waals surface area contributed by atoms with Gasteiger partial charge in [-0.05, 0) is 44.9 Å². The molecule has 3 N–H and O–H groups in total. The van der Waals surface area contributed by atoms with Crippen LogP contribution >= 0.6 is 0 Å². The number of likely N-dealkylation sites (tertiary alicyclic amines) is 1. The minimum absolute atomic E-state index is 0.107. The number of piperidine rings is 1. The molecule has 0 saturated carbocycles. The summed E-state index contributed by atoms with van der Waals surface area (Å²) in [6, 6.07) is 4.82. The number of hydrogen-bond donors (Lipinski definition) is 2. The largest absolute Gasteiger partial charge is 0.397 e. The van der Waals surface area contributed by atoms with Crippen LogP contribution in [0.1, 0.15) is 33.1 Å². The molecule has 2 rings (SSSR count). The Morgan fingerprint density at radius 1 is 1.40 bits per heavy atom. The van der Waals surface area contributed by atoms with Crippen LogP contribution in [0.15, 0.2) is 18.2 Å². The van der Waals surface area contributed by atoms with Crippen LogP contribution in [0.2, 0.25) is 0 Å². The molecule has 0 aromatic heterocycles. The number of nitrogens with zero attached hydrogens (tertiary/aromatic N) is 1. The molecule has 1 aromatic carbocycles. The average Bonchev–Trinajstić information content (AvgIpc) is 2.37. The van der Waals surface area contributed by atoms with Crippen molar-refractivity contribution in [2.75, 3.05) is 17.6 Å². The lowest BCUT2D eigenvalue weighted by Gasteiger charge is -2.38. The smallest absolute Gasteiger partial charge is 0.238 e. The molecule has 1 saturated heterocycles. The number of hydrogen-bond acceptors (Lipinski definition) is 3. The summed E-state index contributed by atoms with van der Waals surface area (Å²) in [7, 11) is 0. The van der Waals surface area contributed by atoms with Gasteiger partial charge in [0.15, 0.2) is 0 Å². The molecule has 4 nitrogen and oxygen atoms in total. The molecule has 1 heterocycles. The normalized spacial score (nSPS) is 23.6. The monoisotopic (exact) mass is 279 g/mol. The Balaban J connectivity index is 1.98. The van der Waals surface area contributed by atoms with Crippen LogP contribution in [0, 0.1) is 5.82 Å².